The molecule has 0 bridgehead atoms. The molecule has 0 radical (unpaired) electrons. The van der Waals surface area contributed by atoms with Crippen molar-refractivity contribution in [2.75, 3.05) is 11.9 Å². The number of hydrogen-bond donors (Lipinski definition) is 2. The Morgan fingerprint density at radius 1 is 1.17 bits per heavy atom. The summed E-state index contributed by atoms with van der Waals surface area (Å²) in [7, 11) is 0. The third-order valence-corrected chi connectivity index (χ3v) is 4.98. The summed E-state index contributed by atoms with van der Waals surface area (Å²) in [5.74, 6) is -2.77. The van der Waals surface area contributed by atoms with E-state index in [9.17, 15) is 22.8 Å². The Bertz CT molecular complexity index is 1150. The van der Waals surface area contributed by atoms with Gasteiger partial charge in [0.2, 0.25) is 0 Å². The monoisotopic (exact) mass is 423 g/mol. The van der Waals surface area contributed by atoms with Crippen LogP contribution in [0, 0.1) is 17.5 Å². The number of nitrogens with one attached hydrogen (secondary N) is 2. The van der Waals surface area contributed by atoms with Gasteiger partial charge in [0.1, 0.15) is 5.82 Å². The molecule has 29 heavy (non-hydrogen) atoms. The number of pyridine rings is 1. The quantitative estimate of drug-likeness (QED) is 0.604. The molecule has 5 nitrogen and oxygen atoms in total. The summed E-state index contributed by atoms with van der Waals surface area (Å²) in [6.07, 6.45) is 1.37. The van der Waals surface area contributed by atoms with Crippen LogP contribution >= 0.6 is 11.6 Å². The van der Waals surface area contributed by atoms with Gasteiger partial charge in [-0.2, -0.15) is 0 Å². The van der Waals surface area contributed by atoms with E-state index in [-0.39, 0.29) is 28.0 Å². The highest BCUT2D eigenvalue weighted by atomic mass is 35.5. The van der Waals surface area contributed by atoms with E-state index in [0.717, 1.165) is 24.3 Å². The molecule has 0 aliphatic rings. The Labute approximate surface area is 169 Å². The average molecular weight is 424 g/mol. The second kappa shape index (κ2) is 8.16. The molecular formula is C20H17ClF3N3O2. The minimum Gasteiger partial charge on any atom is -0.328 e. The molecular weight excluding hydrogens is 407 g/mol. The van der Waals surface area contributed by atoms with Crippen LogP contribution in [0.1, 0.15) is 25.5 Å². The number of nitrogens with zero attached hydrogens (tertiary/aromatic N) is 1. The van der Waals surface area contributed by atoms with E-state index in [0.29, 0.717) is 5.56 Å². The topological polar surface area (TPSA) is 65.2 Å². The third kappa shape index (κ3) is 4.07. The molecule has 0 saturated heterocycles. The molecule has 1 aromatic heterocycles. The number of anilines is 1. The molecule has 0 aliphatic heterocycles. The van der Waals surface area contributed by atoms with Crippen LogP contribution in [0.4, 0.5) is 23.7 Å². The van der Waals surface area contributed by atoms with E-state index in [1.807, 2.05) is 0 Å². The molecule has 0 spiro atoms. The van der Waals surface area contributed by atoms with Crippen molar-refractivity contribution in [3.8, 4) is 0 Å². The lowest BCUT2D eigenvalue weighted by molar-refractivity contribution is 0.197. The number of halogens is 4. The van der Waals surface area contributed by atoms with Gasteiger partial charge in [0.05, 0.1) is 22.1 Å². The molecule has 0 unspecified atom stereocenters. The molecule has 152 valence electrons. The van der Waals surface area contributed by atoms with Crippen LogP contribution in [0.25, 0.3) is 10.8 Å². The van der Waals surface area contributed by atoms with Gasteiger partial charge in [-0.1, -0.05) is 11.6 Å². The maximum absolute atomic E-state index is 13.8. The Morgan fingerprint density at radius 3 is 2.45 bits per heavy atom. The molecule has 0 fully saturated rings. The van der Waals surface area contributed by atoms with Gasteiger partial charge in [0.25, 0.3) is 5.56 Å². The maximum Gasteiger partial charge on any atom is 0.322 e. The number of carbonyl (C=O) groups excluding carboxylic acids is 1. The number of carbonyl (C=O) groups is 1. The molecule has 0 aliphatic carbocycles. The van der Waals surface area contributed by atoms with Crippen LogP contribution in [0.3, 0.4) is 0 Å². The molecule has 2 aromatic carbocycles. The number of rotatable bonds is 4. The van der Waals surface area contributed by atoms with Crippen molar-refractivity contribution in [2.45, 2.75) is 19.9 Å². The first-order valence-electron chi connectivity index (χ1n) is 8.76. The lowest BCUT2D eigenvalue weighted by Gasteiger charge is -2.29. The fraction of sp³-hybridized carbons (Fsp3) is 0.200. The van der Waals surface area contributed by atoms with Crippen molar-refractivity contribution in [1.82, 2.24) is 9.88 Å². The fourth-order valence-electron chi connectivity index (χ4n) is 3.16. The van der Waals surface area contributed by atoms with E-state index in [1.165, 1.54) is 17.2 Å². The van der Waals surface area contributed by atoms with E-state index >= 15 is 0 Å². The van der Waals surface area contributed by atoms with Gasteiger partial charge < -0.3 is 15.2 Å². The summed E-state index contributed by atoms with van der Waals surface area (Å²) < 4.78 is 40.6. The third-order valence-electron chi connectivity index (χ3n) is 4.67. The standard InChI is InChI=1S/C20H17ClF3N3O2/c1-3-27(20(29)26-18-5-4-11(22)6-15(18)21)10(2)14-9-25-19(28)13-8-17(24)16(23)7-12(13)14/h4-10H,3H2,1-2H3,(H,25,28)(H,26,29)/t10-/m0/s1. The Balaban J connectivity index is 1.98. The van der Waals surface area contributed by atoms with Crippen LogP contribution < -0.4 is 10.9 Å². The van der Waals surface area contributed by atoms with Crippen LogP contribution in [0.15, 0.2) is 41.3 Å². The summed E-state index contributed by atoms with van der Waals surface area (Å²) in [5, 5.41) is 2.82. The lowest BCUT2D eigenvalue weighted by Crippen LogP contribution is -2.37. The number of aromatic amines is 1. The lowest BCUT2D eigenvalue weighted by atomic mass is 10.0. The van der Waals surface area contributed by atoms with E-state index < -0.39 is 35.1 Å². The Kier molecular flexibility index (Phi) is 5.83. The number of aromatic nitrogens is 1. The highest BCUT2D eigenvalue weighted by Gasteiger charge is 2.24. The zero-order valence-electron chi connectivity index (χ0n) is 15.5. The zero-order valence-corrected chi connectivity index (χ0v) is 16.3. The summed E-state index contributed by atoms with van der Waals surface area (Å²) >= 11 is 5.96. The normalized spacial score (nSPS) is 12.1. The highest BCUT2D eigenvalue weighted by Crippen LogP contribution is 2.29. The van der Waals surface area contributed by atoms with Gasteiger partial charge in [-0.05, 0) is 55.1 Å². The molecule has 3 aromatic rings. The molecule has 3 rings (SSSR count). The Hall–Kier alpha value is -3.00. The van der Waals surface area contributed by atoms with Crippen molar-refractivity contribution in [3.63, 3.8) is 0 Å². The summed E-state index contributed by atoms with van der Waals surface area (Å²) in [4.78, 5) is 28.7. The van der Waals surface area contributed by atoms with Crippen LogP contribution in [-0.4, -0.2) is 22.5 Å². The molecule has 0 saturated carbocycles. The van der Waals surface area contributed by atoms with Crippen molar-refractivity contribution in [2.24, 2.45) is 0 Å². The van der Waals surface area contributed by atoms with Gasteiger partial charge >= 0.3 is 6.03 Å². The smallest absolute Gasteiger partial charge is 0.322 e. The second-order valence-electron chi connectivity index (χ2n) is 6.40. The van der Waals surface area contributed by atoms with Gasteiger partial charge in [-0.15, -0.1) is 0 Å². The zero-order chi connectivity index (χ0) is 21.3. The number of urea groups is 1. The van der Waals surface area contributed by atoms with Crippen LogP contribution in [0.2, 0.25) is 5.02 Å². The van der Waals surface area contributed by atoms with Crippen molar-refractivity contribution in [3.05, 3.63) is 74.9 Å². The predicted octanol–water partition coefficient (Wildman–Crippen LogP) is 5.21. The van der Waals surface area contributed by atoms with Gasteiger partial charge in [-0.25, -0.2) is 18.0 Å². The van der Waals surface area contributed by atoms with Gasteiger partial charge in [0, 0.05) is 12.7 Å². The number of H-pyrrole nitrogens is 1. The maximum atomic E-state index is 13.8. The van der Waals surface area contributed by atoms with Crippen LogP contribution in [0.5, 0.6) is 0 Å². The fourth-order valence-corrected chi connectivity index (χ4v) is 3.37. The second-order valence-corrected chi connectivity index (χ2v) is 6.81. The number of benzene rings is 2. The number of amides is 2. The Morgan fingerprint density at radius 2 is 1.83 bits per heavy atom. The van der Waals surface area contributed by atoms with Gasteiger partial charge in [-0.3, -0.25) is 4.79 Å². The summed E-state index contributed by atoms with van der Waals surface area (Å²) in [5.41, 5.74) is 0.0873. The van der Waals surface area contributed by atoms with Crippen molar-refractivity contribution >= 4 is 34.1 Å². The highest BCUT2D eigenvalue weighted by molar-refractivity contribution is 6.33. The van der Waals surface area contributed by atoms with Crippen molar-refractivity contribution < 1.29 is 18.0 Å². The summed E-state index contributed by atoms with van der Waals surface area (Å²) in [6, 6.07) is 4.20. The van der Waals surface area contributed by atoms with Crippen molar-refractivity contribution in [1.29, 1.82) is 0 Å². The number of fused-ring (bicyclic) bond motifs is 1. The summed E-state index contributed by atoms with van der Waals surface area (Å²) in [6.45, 7) is 3.68. The molecule has 2 amide bonds. The molecule has 9 heteroatoms. The first-order valence-corrected chi connectivity index (χ1v) is 9.13. The molecule has 1 atom stereocenters. The SMILES string of the molecule is CCN(C(=O)Nc1ccc(F)cc1Cl)[C@@H](C)c1c[nH]c(=O)c2cc(F)c(F)cc12. The largest absolute Gasteiger partial charge is 0.328 e. The molecule has 1 heterocycles. The van der Waals surface area contributed by atoms with Gasteiger partial charge in [0.15, 0.2) is 11.6 Å². The first kappa shape index (κ1) is 20.7. The van der Waals surface area contributed by atoms with Crippen LogP contribution in [-0.2, 0) is 0 Å². The average Bonchev–Trinajstić information content (AvgIpc) is 2.66. The van der Waals surface area contributed by atoms with E-state index in [4.69, 9.17) is 11.6 Å². The predicted molar refractivity (Wildman–Crippen MR) is 106 cm³/mol. The first-order chi connectivity index (χ1) is 13.7. The number of hydrogen-bond acceptors (Lipinski definition) is 2. The van der Waals surface area contributed by atoms with E-state index in [1.54, 1.807) is 13.8 Å². The minimum atomic E-state index is -1.14. The van der Waals surface area contributed by atoms with E-state index in [2.05, 4.69) is 10.3 Å². The minimum absolute atomic E-state index is 0.0220. The molecule has 2 N–H and O–H groups in total.